The average molecular weight is 463 g/mol. The van der Waals surface area contributed by atoms with E-state index in [0.29, 0.717) is 32.1 Å². The highest BCUT2D eigenvalue weighted by Crippen LogP contribution is 2.32. The van der Waals surface area contributed by atoms with Crippen LogP contribution in [0.25, 0.3) is 0 Å². The quantitative estimate of drug-likeness (QED) is 0.375. The molecule has 1 unspecified atom stereocenters. The van der Waals surface area contributed by atoms with Gasteiger partial charge in [-0.3, -0.25) is 9.59 Å². The third-order valence-corrected chi connectivity index (χ3v) is 6.01. The summed E-state index contributed by atoms with van der Waals surface area (Å²) in [7, 11) is 3.29. The summed E-state index contributed by atoms with van der Waals surface area (Å²) in [6.07, 6.45) is 2.44. The first-order chi connectivity index (χ1) is 15.9. The number of aryl methyl sites for hydroxylation is 1. The van der Waals surface area contributed by atoms with Crippen molar-refractivity contribution < 1.29 is 33.7 Å². The van der Waals surface area contributed by atoms with E-state index in [1.54, 1.807) is 19.1 Å². The van der Waals surface area contributed by atoms with Crippen LogP contribution in [0, 0.1) is 5.92 Å². The highest BCUT2D eigenvalue weighted by Gasteiger charge is 2.41. The number of carbonyl (C=O) groups excluding carboxylic acids is 2. The second-order valence-corrected chi connectivity index (χ2v) is 8.62. The van der Waals surface area contributed by atoms with Gasteiger partial charge < -0.3 is 29.1 Å². The number of piperidine rings is 1. The first-order valence-electron chi connectivity index (χ1n) is 11.5. The standard InChI is InChI=1S/C24H34N2O7/c1-31-9-3-4-17-12-18(14-20(13-17)33-11-10-32-2)15-26(19-5-6-19)23(28)21-16-25(24(29)30)8-7-22(21)27/h12-14,19,21H,3-11,15-16H2,1-2H3,(H,29,30). The predicted octanol–water partition coefficient (Wildman–Crippen LogP) is 2.35. The minimum atomic E-state index is -1.10. The van der Waals surface area contributed by atoms with Gasteiger partial charge in [-0.05, 0) is 48.9 Å². The van der Waals surface area contributed by atoms with E-state index >= 15 is 0 Å². The summed E-state index contributed by atoms with van der Waals surface area (Å²) in [6, 6.07) is 6.06. The predicted molar refractivity (Wildman–Crippen MR) is 120 cm³/mol. The topological polar surface area (TPSA) is 106 Å². The molecule has 0 bridgehead atoms. The third kappa shape index (κ3) is 7.17. The number of Topliss-reactive ketones (excluding diaryl/α,β-unsaturated/α-hetero) is 1. The number of ketones is 1. The van der Waals surface area contributed by atoms with Crippen LogP contribution < -0.4 is 4.74 Å². The smallest absolute Gasteiger partial charge is 0.407 e. The molecule has 33 heavy (non-hydrogen) atoms. The maximum Gasteiger partial charge on any atom is 0.407 e. The normalized spacial score (nSPS) is 18.3. The molecule has 1 aliphatic carbocycles. The minimum absolute atomic E-state index is 0.0708. The monoisotopic (exact) mass is 462 g/mol. The molecule has 182 valence electrons. The van der Waals surface area contributed by atoms with Gasteiger partial charge in [0.15, 0.2) is 0 Å². The van der Waals surface area contributed by atoms with Crippen LogP contribution in [-0.4, -0.2) is 85.9 Å². The SMILES string of the molecule is COCCCc1cc(CN(C(=O)C2CN(C(=O)O)CCC2=O)C2CC2)cc(OCCOC)c1. The van der Waals surface area contributed by atoms with E-state index in [2.05, 4.69) is 6.07 Å². The molecule has 0 radical (unpaired) electrons. The van der Waals surface area contributed by atoms with Crippen molar-refractivity contribution in [3.05, 3.63) is 29.3 Å². The number of amides is 2. The molecule has 3 rings (SSSR count). The lowest BCUT2D eigenvalue weighted by Crippen LogP contribution is -2.50. The fourth-order valence-electron chi connectivity index (χ4n) is 4.10. The molecule has 9 nitrogen and oxygen atoms in total. The van der Waals surface area contributed by atoms with Gasteiger partial charge in [-0.15, -0.1) is 0 Å². The Hall–Kier alpha value is -2.65. The Labute approximate surface area is 194 Å². The zero-order chi connectivity index (χ0) is 23.8. The number of methoxy groups -OCH3 is 2. The zero-order valence-corrected chi connectivity index (χ0v) is 19.5. The van der Waals surface area contributed by atoms with E-state index in [4.69, 9.17) is 14.2 Å². The van der Waals surface area contributed by atoms with Crippen LogP contribution in [0.4, 0.5) is 4.79 Å². The van der Waals surface area contributed by atoms with Crippen LogP contribution in [-0.2, 0) is 32.0 Å². The molecule has 1 N–H and O–H groups in total. The van der Waals surface area contributed by atoms with Crippen molar-refractivity contribution >= 4 is 17.8 Å². The Kier molecular flexibility index (Phi) is 9.08. The summed E-state index contributed by atoms with van der Waals surface area (Å²) in [5.74, 6) is -0.677. The number of ether oxygens (including phenoxy) is 3. The molecule has 9 heteroatoms. The van der Waals surface area contributed by atoms with Gasteiger partial charge in [-0.1, -0.05) is 6.07 Å². The largest absolute Gasteiger partial charge is 0.491 e. The van der Waals surface area contributed by atoms with E-state index in [1.807, 2.05) is 12.1 Å². The first kappa shape index (κ1) is 25.0. The van der Waals surface area contributed by atoms with Crippen molar-refractivity contribution in [1.82, 2.24) is 9.80 Å². The van der Waals surface area contributed by atoms with Crippen molar-refractivity contribution in [2.24, 2.45) is 5.92 Å². The van der Waals surface area contributed by atoms with Crippen LogP contribution in [0.2, 0.25) is 0 Å². The molecule has 1 saturated heterocycles. The molecular weight excluding hydrogens is 428 g/mol. The van der Waals surface area contributed by atoms with Crippen LogP contribution in [0.3, 0.4) is 0 Å². The fourth-order valence-corrected chi connectivity index (χ4v) is 4.10. The number of carbonyl (C=O) groups is 3. The van der Waals surface area contributed by atoms with Crippen LogP contribution in [0.15, 0.2) is 18.2 Å². The maximum atomic E-state index is 13.4. The van der Waals surface area contributed by atoms with Gasteiger partial charge in [0.2, 0.25) is 5.91 Å². The lowest BCUT2D eigenvalue weighted by molar-refractivity contribution is -0.144. The Morgan fingerprint density at radius 3 is 2.48 bits per heavy atom. The van der Waals surface area contributed by atoms with Crippen LogP contribution >= 0.6 is 0 Å². The lowest BCUT2D eigenvalue weighted by atomic mass is 9.94. The second-order valence-electron chi connectivity index (χ2n) is 8.62. The van der Waals surface area contributed by atoms with Crippen molar-refractivity contribution in [1.29, 1.82) is 0 Å². The summed E-state index contributed by atoms with van der Waals surface area (Å²) in [5, 5.41) is 9.32. The Bertz CT molecular complexity index is 812. The average Bonchev–Trinajstić information content (AvgIpc) is 3.63. The van der Waals surface area contributed by atoms with Crippen molar-refractivity contribution in [3.63, 3.8) is 0 Å². The van der Waals surface area contributed by atoms with Gasteiger partial charge >= 0.3 is 6.09 Å². The minimum Gasteiger partial charge on any atom is -0.491 e. The Balaban J connectivity index is 1.77. The van der Waals surface area contributed by atoms with Crippen LogP contribution in [0.1, 0.15) is 36.8 Å². The molecule has 0 spiro atoms. The molecule has 1 aliphatic heterocycles. The third-order valence-electron chi connectivity index (χ3n) is 6.01. The molecule has 2 aliphatic rings. The van der Waals surface area contributed by atoms with Gasteiger partial charge in [0.05, 0.1) is 6.61 Å². The van der Waals surface area contributed by atoms with E-state index < -0.39 is 12.0 Å². The van der Waals surface area contributed by atoms with Crippen LogP contribution in [0.5, 0.6) is 5.75 Å². The highest BCUT2D eigenvalue weighted by atomic mass is 16.5. The highest BCUT2D eigenvalue weighted by molar-refractivity contribution is 6.02. The summed E-state index contributed by atoms with van der Waals surface area (Å²) < 4.78 is 16.1. The molecule has 2 fully saturated rings. The number of carboxylic acid groups (broad SMARTS) is 1. The first-order valence-corrected chi connectivity index (χ1v) is 11.5. The van der Waals surface area contributed by atoms with Gasteiger partial charge in [-0.25, -0.2) is 4.79 Å². The zero-order valence-electron chi connectivity index (χ0n) is 19.5. The van der Waals surface area contributed by atoms with Gasteiger partial charge in [0.1, 0.15) is 24.1 Å². The van der Waals surface area contributed by atoms with Crippen molar-refractivity contribution in [3.8, 4) is 5.75 Å². The summed E-state index contributed by atoms with van der Waals surface area (Å²) in [6.45, 7) is 1.98. The molecule has 1 aromatic carbocycles. The van der Waals surface area contributed by atoms with E-state index in [1.165, 1.54) is 0 Å². The second kappa shape index (κ2) is 12.0. The Morgan fingerprint density at radius 1 is 1.09 bits per heavy atom. The summed E-state index contributed by atoms with van der Waals surface area (Å²) in [5.41, 5.74) is 2.02. The van der Waals surface area contributed by atoms with Crippen molar-refractivity contribution in [2.45, 2.75) is 44.7 Å². The molecule has 1 atom stereocenters. The molecule has 1 heterocycles. The summed E-state index contributed by atoms with van der Waals surface area (Å²) in [4.78, 5) is 40.2. The number of hydrogen-bond donors (Lipinski definition) is 1. The molecule has 1 aromatic rings. The van der Waals surface area contributed by atoms with E-state index in [0.717, 1.165) is 41.7 Å². The van der Waals surface area contributed by atoms with Crippen molar-refractivity contribution in [2.75, 3.05) is 47.1 Å². The lowest BCUT2D eigenvalue weighted by Gasteiger charge is -2.33. The number of hydrogen-bond acceptors (Lipinski definition) is 6. The molecule has 2 amide bonds. The Morgan fingerprint density at radius 2 is 1.82 bits per heavy atom. The molecule has 0 aromatic heterocycles. The number of benzene rings is 1. The van der Waals surface area contributed by atoms with Gasteiger partial charge in [0, 0.05) is 52.9 Å². The summed E-state index contributed by atoms with van der Waals surface area (Å²) >= 11 is 0. The fraction of sp³-hybridized carbons (Fsp3) is 0.625. The van der Waals surface area contributed by atoms with Gasteiger partial charge in [-0.2, -0.15) is 0 Å². The number of likely N-dealkylation sites (tertiary alicyclic amines) is 1. The molecular formula is C24H34N2O7. The van der Waals surface area contributed by atoms with Gasteiger partial charge in [0.25, 0.3) is 0 Å². The van der Waals surface area contributed by atoms with E-state index in [9.17, 15) is 19.5 Å². The number of rotatable bonds is 12. The molecule has 1 saturated carbocycles. The number of nitrogens with zero attached hydrogens (tertiary/aromatic N) is 2. The maximum absolute atomic E-state index is 13.4. The van der Waals surface area contributed by atoms with E-state index in [-0.39, 0.29) is 37.2 Å².